The van der Waals surface area contributed by atoms with E-state index in [4.69, 9.17) is 14.7 Å². The maximum Gasteiger partial charge on any atom is 0.250 e. The number of amides is 2. The van der Waals surface area contributed by atoms with Crippen LogP contribution in [0.2, 0.25) is 0 Å². The number of nitrogens with two attached hydrogens (primary N) is 1. The van der Waals surface area contributed by atoms with Crippen LogP contribution in [0.1, 0.15) is 28.9 Å². The van der Waals surface area contributed by atoms with Crippen LogP contribution in [-0.4, -0.2) is 17.0 Å². The maximum absolute atomic E-state index is 12.8. The first-order valence-corrected chi connectivity index (χ1v) is 7.81. The summed E-state index contributed by atoms with van der Waals surface area (Å²) >= 11 is 0. The van der Waals surface area contributed by atoms with Crippen molar-refractivity contribution in [2.45, 2.75) is 18.3 Å². The molecule has 1 aliphatic carbocycles. The zero-order valence-corrected chi connectivity index (χ0v) is 13.2. The first kappa shape index (κ1) is 15.2. The minimum atomic E-state index is -0.751. The van der Waals surface area contributed by atoms with Crippen molar-refractivity contribution in [3.63, 3.8) is 0 Å². The molecule has 25 heavy (non-hydrogen) atoms. The van der Waals surface area contributed by atoms with Crippen molar-refractivity contribution in [1.29, 1.82) is 0 Å². The van der Waals surface area contributed by atoms with E-state index in [-0.39, 0.29) is 11.5 Å². The average molecular weight is 337 g/mol. The lowest BCUT2D eigenvalue weighted by Gasteiger charge is -2.14. The molecule has 1 aromatic carbocycles. The second-order valence-corrected chi connectivity index (χ2v) is 6.00. The van der Waals surface area contributed by atoms with E-state index in [2.05, 4.69) is 10.5 Å². The second-order valence-electron chi connectivity index (χ2n) is 6.00. The largest absolute Gasteiger partial charge is 0.461 e. The fraction of sp³-hybridized carbons (Fsp3) is 0.167. The summed E-state index contributed by atoms with van der Waals surface area (Å²) in [6, 6.07) is 11.9. The van der Waals surface area contributed by atoms with Gasteiger partial charge in [0, 0.05) is 6.07 Å². The van der Waals surface area contributed by atoms with Crippen LogP contribution in [0.5, 0.6) is 0 Å². The summed E-state index contributed by atoms with van der Waals surface area (Å²) in [7, 11) is 0. The number of hydrogen-bond donors (Lipinski definition) is 2. The van der Waals surface area contributed by atoms with Gasteiger partial charge < -0.3 is 20.0 Å². The van der Waals surface area contributed by atoms with E-state index in [1.807, 2.05) is 0 Å². The number of carbonyl (C=O) groups excluding carboxylic acids is 2. The number of benzene rings is 1. The van der Waals surface area contributed by atoms with E-state index in [1.165, 1.54) is 6.26 Å². The molecule has 2 aromatic heterocycles. The van der Waals surface area contributed by atoms with Crippen LogP contribution >= 0.6 is 0 Å². The third-order valence-electron chi connectivity index (χ3n) is 4.39. The zero-order valence-electron chi connectivity index (χ0n) is 13.2. The molecule has 126 valence electrons. The molecule has 1 aliphatic rings. The van der Waals surface area contributed by atoms with E-state index in [0.717, 1.165) is 0 Å². The maximum atomic E-state index is 12.8. The fourth-order valence-corrected chi connectivity index (χ4v) is 2.81. The van der Waals surface area contributed by atoms with E-state index in [0.29, 0.717) is 35.7 Å². The Bertz CT molecular complexity index is 939. The molecule has 1 saturated carbocycles. The van der Waals surface area contributed by atoms with Crippen molar-refractivity contribution < 1.29 is 18.5 Å². The Labute approximate surface area is 142 Å². The highest BCUT2D eigenvalue weighted by molar-refractivity contribution is 6.06. The number of furan rings is 1. The molecular formula is C18H15N3O4. The lowest BCUT2D eigenvalue weighted by molar-refractivity contribution is -0.118. The van der Waals surface area contributed by atoms with Crippen LogP contribution in [0.15, 0.2) is 57.7 Å². The Balaban J connectivity index is 1.59. The normalized spacial score (nSPS) is 14.9. The number of nitrogens with zero attached hydrogens (tertiary/aromatic N) is 1. The molecule has 0 atom stereocenters. The van der Waals surface area contributed by atoms with Crippen molar-refractivity contribution >= 4 is 17.5 Å². The predicted molar refractivity (Wildman–Crippen MR) is 88.7 cm³/mol. The van der Waals surface area contributed by atoms with Gasteiger partial charge in [0.15, 0.2) is 5.76 Å². The van der Waals surface area contributed by atoms with Gasteiger partial charge in [0.1, 0.15) is 0 Å². The highest BCUT2D eigenvalue weighted by Crippen LogP contribution is 2.49. The van der Waals surface area contributed by atoms with E-state index < -0.39 is 11.3 Å². The summed E-state index contributed by atoms with van der Waals surface area (Å²) in [6.07, 6.45) is 2.85. The van der Waals surface area contributed by atoms with Crippen LogP contribution < -0.4 is 11.1 Å². The molecule has 4 rings (SSSR count). The molecule has 3 aromatic rings. The molecule has 0 saturated heterocycles. The van der Waals surface area contributed by atoms with Gasteiger partial charge in [-0.2, -0.15) is 0 Å². The first-order valence-electron chi connectivity index (χ1n) is 7.81. The molecule has 0 unspecified atom stereocenters. The predicted octanol–water partition coefficient (Wildman–Crippen LogP) is 2.70. The fourth-order valence-electron chi connectivity index (χ4n) is 2.81. The van der Waals surface area contributed by atoms with E-state index in [9.17, 15) is 9.59 Å². The Morgan fingerprint density at radius 3 is 2.60 bits per heavy atom. The second kappa shape index (κ2) is 5.62. The number of primary amides is 1. The Hall–Kier alpha value is -3.35. The van der Waals surface area contributed by atoms with Gasteiger partial charge in [0.25, 0.3) is 5.91 Å². The van der Waals surface area contributed by atoms with Gasteiger partial charge in [-0.15, -0.1) is 0 Å². The number of para-hydroxylation sites is 1. The van der Waals surface area contributed by atoms with Crippen LogP contribution in [0, 0.1) is 0 Å². The number of rotatable bonds is 5. The van der Waals surface area contributed by atoms with Crippen LogP contribution in [-0.2, 0) is 10.2 Å². The smallest absolute Gasteiger partial charge is 0.250 e. The SMILES string of the molecule is NC(=O)c1ccccc1NC(=O)C1(c2cc(-c3ccco3)on2)CC1. The Morgan fingerprint density at radius 2 is 1.92 bits per heavy atom. The highest BCUT2D eigenvalue weighted by Gasteiger charge is 2.54. The van der Waals surface area contributed by atoms with Gasteiger partial charge in [0.2, 0.25) is 11.7 Å². The first-order chi connectivity index (χ1) is 12.1. The van der Waals surface area contributed by atoms with Gasteiger partial charge in [-0.3, -0.25) is 9.59 Å². The van der Waals surface area contributed by atoms with Crippen molar-refractivity contribution in [2.24, 2.45) is 5.73 Å². The summed E-state index contributed by atoms with van der Waals surface area (Å²) in [6.45, 7) is 0. The third kappa shape index (κ3) is 2.59. The Morgan fingerprint density at radius 1 is 1.12 bits per heavy atom. The van der Waals surface area contributed by atoms with Gasteiger partial charge in [-0.25, -0.2) is 0 Å². The Kier molecular flexibility index (Phi) is 3.42. The quantitative estimate of drug-likeness (QED) is 0.743. The monoisotopic (exact) mass is 337 g/mol. The molecule has 0 bridgehead atoms. The van der Waals surface area contributed by atoms with E-state index in [1.54, 1.807) is 42.5 Å². The average Bonchev–Trinajstić information content (AvgIpc) is 3.02. The summed E-state index contributed by atoms with van der Waals surface area (Å²) in [5, 5.41) is 6.83. The van der Waals surface area contributed by atoms with Gasteiger partial charge >= 0.3 is 0 Å². The molecule has 7 heteroatoms. The number of aromatic nitrogens is 1. The molecule has 2 heterocycles. The summed E-state index contributed by atoms with van der Waals surface area (Å²) in [5.41, 5.74) is 5.81. The van der Waals surface area contributed by atoms with Crippen LogP contribution in [0.4, 0.5) is 5.69 Å². The minimum Gasteiger partial charge on any atom is -0.461 e. The van der Waals surface area contributed by atoms with Gasteiger partial charge in [-0.1, -0.05) is 17.3 Å². The van der Waals surface area contributed by atoms with Crippen LogP contribution in [0.25, 0.3) is 11.5 Å². The number of carbonyl (C=O) groups is 2. The number of anilines is 1. The lowest BCUT2D eigenvalue weighted by atomic mass is 10.0. The van der Waals surface area contributed by atoms with E-state index >= 15 is 0 Å². The van der Waals surface area contributed by atoms with Crippen molar-refractivity contribution in [1.82, 2.24) is 5.16 Å². The van der Waals surface area contributed by atoms with Gasteiger partial charge in [-0.05, 0) is 37.1 Å². The highest BCUT2D eigenvalue weighted by atomic mass is 16.5. The molecule has 0 radical (unpaired) electrons. The van der Waals surface area contributed by atoms with Crippen LogP contribution in [0.3, 0.4) is 0 Å². The lowest BCUT2D eigenvalue weighted by Crippen LogP contribution is -2.29. The molecule has 1 fully saturated rings. The molecular weight excluding hydrogens is 322 g/mol. The summed E-state index contributed by atoms with van der Waals surface area (Å²) in [5.74, 6) is 0.188. The minimum absolute atomic E-state index is 0.236. The number of hydrogen-bond acceptors (Lipinski definition) is 5. The molecule has 0 aliphatic heterocycles. The summed E-state index contributed by atoms with van der Waals surface area (Å²) < 4.78 is 10.6. The zero-order chi connectivity index (χ0) is 17.4. The summed E-state index contributed by atoms with van der Waals surface area (Å²) in [4.78, 5) is 24.3. The molecule has 3 N–H and O–H groups in total. The topological polar surface area (TPSA) is 111 Å². The molecule has 0 spiro atoms. The van der Waals surface area contributed by atoms with Gasteiger partial charge in [0.05, 0.1) is 28.6 Å². The molecule has 7 nitrogen and oxygen atoms in total. The van der Waals surface area contributed by atoms with Crippen molar-refractivity contribution in [3.05, 3.63) is 60.0 Å². The molecule has 2 amide bonds. The number of nitrogens with one attached hydrogen (secondary N) is 1. The third-order valence-corrected chi connectivity index (χ3v) is 4.39. The standard InChI is InChI=1S/C18H15N3O4/c19-16(22)11-4-1-2-5-12(11)20-17(23)18(7-8-18)15-10-14(25-21-15)13-6-3-9-24-13/h1-6,9-10H,7-8H2,(H2,19,22)(H,20,23). The van der Waals surface area contributed by atoms with Crippen molar-refractivity contribution in [3.8, 4) is 11.5 Å². The van der Waals surface area contributed by atoms with Crippen molar-refractivity contribution in [2.75, 3.05) is 5.32 Å².